The molecule has 0 aliphatic heterocycles. The number of amides is 2. The molecule has 0 radical (unpaired) electrons. The number of hydrogen-bond acceptors (Lipinski definition) is 4. The Labute approximate surface area is 205 Å². The van der Waals surface area contributed by atoms with Gasteiger partial charge in [0.15, 0.2) is 0 Å². The lowest BCUT2D eigenvalue weighted by Gasteiger charge is -2.25. The van der Waals surface area contributed by atoms with E-state index in [1.807, 2.05) is 37.3 Å². The Morgan fingerprint density at radius 2 is 1.71 bits per heavy atom. The van der Waals surface area contributed by atoms with Gasteiger partial charge < -0.3 is 20.5 Å². The van der Waals surface area contributed by atoms with E-state index in [4.69, 9.17) is 4.74 Å². The zero-order valence-corrected chi connectivity index (χ0v) is 19.9. The molecule has 0 heterocycles. The number of aliphatic carboxylic acids is 1. The van der Waals surface area contributed by atoms with Crippen LogP contribution >= 0.6 is 0 Å². The molecule has 7 nitrogen and oxygen atoms in total. The van der Waals surface area contributed by atoms with Gasteiger partial charge in [0.2, 0.25) is 5.91 Å². The Morgan fingerprint density at radius 1 is 1.06 bits per heavy atom. The van der Waals surface area contributed by atoms with Gasteiger partial charge in [-0.15, -0.1) is 0 Å². The molecule has 35 heavy (non-hydrogen) atoms. The van der Waals surface area contributed by atoms with E-state index in [1.165, 1.54) is 11.1 Å². The molecule has 0 bridgehead atoms. The van der Waals surface area contributed by atoms with E-state index in [2.05, 4.69) is 34.9 Å². The van der Waals surface area contributed by atoms with Crippen molar-refractivity contribution in [2.24, 2.45) is 11.8 Å². The number of allylic oxidation sites excluding steroid dienone is 1. The first-order valence-corrected chi connectivity index (χ1v) is 12.3. The highest BCUT2D eigenvalue weighted by Gasteiger charge is 2.30. The summed E-state index contributed by atoms with van der Waals surface area (Å²) in [7, 11) is 0. The van der Waals surface area contributed by atoms with Crippen molar-refractivity contribution in [2.45, 2.75) is 44.6 Å². The van der Waals surface area contributed by atoms with Crippen LogP contribution in [0.2, 0.25) is 0 Å². The van der Waals surface area contributed by atoms with Gasteiger partial charge in [0.25, 0.3) is 0 Å². The normalized spacial score (nSPS) is 19.3. The second-order valence-electron chi connectivity index (χ2n) is 9.24. The molecule has 2 aliphatic rings. The van der Waals surface area contributed by atoms with Gasteiger partial charge in [-0.25, -0.2) is 4.79 Å². The zero-order chi connectivity index (χ0) is 24.8. The minimum Gasteiger partial charge on any atom is -0.481 e. The lowest BCUT2D eigenvalue weighted by molar-refractivity contribution is -0.142. The first kappa shape index (κ1) is 24.5. The van der Waals surface area contributed by atoms with Crippen LogP contribution in [0.25, 0.3) is 11.1 Å². The van der Waals surface area contributed by atoms with E-state index in [9.17, 15) is 19.5 Å². The Hall–Kier alpha value is -3.61. The van der Waals surface area contributed by atoms with E-state index < -0.39 is 23.9 Å². The molecule has 3 N–H and O–H groups in total. The van der Waals surface area contributed by atoms with Gasteiger partial charge in [-0.2, -0.15) is 0 Å². The van der Waals surface area contributed by atoms with Crippen LogP contribution in [0.4, 0.5) is 4.79 Å². The van der Waals surface area contributed by atoms with Crippen LogP contribution in [0, 0.1) is 11.8 Å². The fraction of sp³-hybridized carbons (Fsp3) is 0.393. The minimum absolute atomic E-state index is 0.0249. The smallest absolute Gasteiger partial charge is 0.407 e. The maximum Gasteiger partial charge on any atom is 0.407 e. The molecule has 0 aromatic heterocycles. The molecule has 2 amide bonds. The molecule has 3 atom stereocenters. The van der Waals surface area contributed by atoms with Crippen molar-refractivity contribution in [1.82, 2.24) is 10.6 Å². The largest absolute Gasteiger partial charge is 0.481 e. The topological polar surface area (TPSA) is 105 Å². The number of carboxylic acids is 1. The predicted octanol–water partition coefficient (Wildman–Crippen LogP) is 4.48. The number of benzene rings is 2. The van der Waals surface area contributed by atoms with Crippen LogP contribution < -0.4 is 10.6 Å². The average Bonchev–Trinajstić information content (AvgIpc) is 3.19. The molecule has 184 valence electrons. The molecule has 0 saturated heterocycles. The van der Waals surface area contributed by atoms with Crippen molar-refractivity contribution in [3.63, 3.8) is 0 Å². The van der Waals surface area contributed by atoms with Gasteiger partial charge >= 0.3 is 12.1 Å². The van der Waals surface area contributed by atoms with Crippen LogP contribution in [-0.2, 0) is 14.3 Å². The Balaban J connectivity index is 1.31. The molecule has 0 fully saturated rings. The summed E-state index contributed by atoms with van der Waals surface area (Å²) in [5.41, 5.74) is 4.62. The third-order valence-electron chi connectivity index (χ3n) is 6.85. The molecule has 7 heteroatoms. The monoisotopic (exact) mass is 476 g/mol. The third kappa shape index (κ3) is 5.73. The summed E-state index contributed by atoms with van der Waals surface area (Å²) in [6.07, 6.45) is 5.33. The van der Waals surface area contributed by atoms with Crippen LogP contribution in [0.15, 0.2) is 60.7 Å². The maximum absolute atomic E-state index is 12.8. The summed E-state index contributed by atoms with van der Waals surface area (Å²) in [6.45, 7) is 2.36. The maximum atomic E-state index is 12.8. The number of ether oxygens (including phenoxy) is 1. The van der Waals surface area contributed by atoms with Gasteiger partial charge in [0.05, 0.1) is 11.8 Å². The predicted molar refractivity (Wildman–Crippen MR) is 133 cm³/mol. The molecule has 0 saturated carbocycles. The molecule has 2 aromatic rings. The number of carbonyl (C=O) groups is 3. The summed E-state index contributed by atoms with van der Waals surface area (Å²) < 4.78 is 5.58. The van der Waals surface area contributed by atoms with E-state index in [1.54, 1.807) is 6.08 Å². The first-order chi connectivity index (χ1) is 17.0. The second kappa shape index (κ2) is 11.2. The summed E-state index contributed by atoms with van der Waals surface area (Å²) in [5.74, 6) is -1.97. The molecule has 3 unspecified atom stereocenters. The highest BCUT2D eigenvalue weighted by Crippen LogP contribution is 2.44. The number of fused-ring (bicyclic) bond motifs is 3. The van der Waals surface area contributed by atoms with Crippen molar-refractivity contribution in [3.8, 4) is 11.1 Å². The van der Waals surface area contributed by atoms with Crippen molar-refractivity contribution < 1.29 is 24.2 Å². The Morgan fingerprint density at radius 3 is 2.34 bits per heavy atom. The number of carbonyl (C=O) groups excluding carboxylic acids is 2. The molecule has 0 spiro atoms. The van der Waals surface area contributed by atoms with E-state index in [-0.39, 0.29) is 31.0 Å². The minimum atomic E-state index is -0.851. The lowest BCUT2D eigenvalue weighted by Crippen LogP contribution is -2.44. The molecular formula is C28H32N2O5. The van der Waals surface area contributed by atoms with Crippen molar-refractivity contribution in [3.05, 3.63) is 71.8 Å². The molecule has 2 aliphatic carbocycles. The van der Waals surface area contributed by atoms with Gasteiger partial charge in [0, 0.05) is 18.5 Å². The summed E-state index contributed by atoms with van der Waals surface area (Å²) in [5, 5.41) is 14.9. The van der Waals surface area contributed by atoms with Crippen molar-refractivity contribution in [1.29, 1.82) is 0 Å². The number of nitrogens with one attached hydrogen (secondary N) is 2. The van der Waals surface area contributed by atoms with E-state index in [0.29, 0.717) is 19.3 Å². The van der Waals surface area contributed by atoms with Crippen LogP contribution in [0.3, 0.4) is 0 Å². The van der Waals surface area contributed by atoms with Gasteiger partial charge in [0.1, 0.15) is 6.61 Å². The summed E-state index contributed by atoms with van der Waals surface area (Å²) in [4.78, 5) is 36.7. The Kier molecular flexibility index (Phi) is 7.85. The highest BCUT2D eigenvalue weighted by molar-refractivity contribution is 5.81. The van der Waals surface area contributed by atoms with E-state index in [0.717, 1.165) is 17.5 Å². The van der Waals surface area contributed by atoms with Gasteiger partial charge in [-0.1, -0.05) is 74.0 Å². The van der Waals surface area contributed by atoms with Crippen LogP contribution in [0.5, 0.6) is 0 Å². The van der Waals surface area contributed by atoms with Gasteiger partial charge in [-0.05, 0) is 41.5 Å². The quantitative estimate of drug-likeness (QED) is 0.463. The highest BCUT2D eigenvalue weighted by atomic mass is 16.5. The standard InChI is InChI=1S/C28H32N2O5/c1-2-8-19(26(31)30-20-10-7-9-18(15-20)27(32)33)16-29-28(34)35-17-25-23-13-5-3-11-21(23)22-12-4-6-14-24(22)25/h3-7,10-14,18-20,25H,2,8-9,15-17H2,1H3,(H,29,34)(H,30,31)(H,32,33). The SMILES string of the molecule is CCCC(CNC(=O)OCC1c2ccccc2-c2ccccc21)C(=O)NC1C=CCC(C(=O)O)C1. The molecule has 4 rings (SSSR count). The average molecular weight is 477 g/mol. The fourth-order valence-electron chi connectivity index (χ4n) is 5.03. The second-order valence-corrected chi connectivity index (χ2v) is 9.24. The number of hydrogen-bond donors (Lipinski definition) is 3. The van der Waals surface area contributed by atoms with Crippen LogP contribution in [-0.4, -0.2) is 42.3 Å². The first-order valence-electron chi connectivity index (χ1n) is 12.3. The van der Waals surface area contributed by atoms with E-state index >= 15 is 0 Å². The summed E-state index contributed by atoms with van der Waals surface area (Å²) in [6, 6.07) is 16.0. The zero-order valence-electron chi connectivity index (χ0n) is 19.9. The number of alkyl carbamates (subject to hydrolysis) is 1. The number of rotatable bonds is 9. The Bertz CT molecular complexity index is 1070. The third-order valence-corrected chi connectivity index (χ3v) is 6.85. The lowest BCUT2D eigenvalue weighted by atomic mass is 9.90. The fourth-order valence-corrected chi connectivity index (χ4v) is 5.03. The van der Waals surface area contributed by atoms with Crippen molar-refractivity contribution in [2.75, 3.05) is 13.2 Å². The summed E-state index contributed by atoms with van der Waals surface area (Å²) >= 11 is 0. The number of carboxylic acid groups (broad SMARTS) is 1. The van der Waals surface area contributed by atoms with Crippen LogP contribution in [0.1, 0.15) is 49.7 Å². The van der Waals surface area contributed by atoms with Gasteiger partial charge in [-0.3, -0.25) is 9.59 Å². The molecule has 2 aromatic carbocycles. The van der Waals surface area contributed by atoms with Crippen molar-refractivity contribution >= 4 is 18.0 Å². The molecular weight excluding hydrogens is 444 g/mol.